The lowest BCUT2D eigenvalue weighted by molar-refractivity contribution is 0.630. The van der Waals surface area contributed by atoms with E-state index in [0.29, 0.717) is 0 Å². The fourth-order valence-corrected chi connectivity index (χ4v) is 2.23. The number of hydrogen-bond donors (Lipinski definition) is 0. The van der Waals surface area contributed by atoms with E-state index >= 15 is 0 Å². The molecule has 0 saturated carbocycles. The van der Waals surface area contributed by atoms with Gasteiger partial charge in [0.2, 0.25) is 0 Å². The fourth-order valence-electron chi connectivity index (χ4n) is 1.90. The van der Waals surface area contributed by atoms with Gasteiger partial charge >= 0.3 is 0 Å². The van der Waals surface area contributed by atoms with Crippen LogP contribution in [0, 0.1) is 5.82 Å². The normalized spacial score (nSPS) is 11.1. The number of pyridine rings is 1. The molecule has 1 heterocycles. The van der Waals surface area contributed by atoms with Crippen LogP contribution in [0.25, 0.3) is 21.5 Å². The van der Waals surface area contributed by atoms with Crippen molar-refractivity contribution in [3.63, 3.8) is 0 Å². The molecular weight excluding hydrogens is 269 g/mol. The average Bonchev–Trinajstić information content (AvgIpc) is 2.28. The number of benzene rings is 2. The Morgan fingerprint density at radius 3 is 2.62 bits per heavy atom. The van der Waals surface area contributed by atoms with E-state index < -0.39 is 0 Å². The molecule has 16 heavy (non-hydrogen) atoms. The molecule has 3 rings (SSSR count). The molecule has 0 aliphatic carbocycles. The summed E-state index contributed by atoms with van der Waals surface area (Å²) < 4.78 is 13.9. The maximum absolute atomic E-state index is 13.1. The molecule has 78 valence electrons. The van der Waals surface area contributed by atoms with E-state index in [2.05, 4.69) is 20.9 Å². The van der Waals surface area contributed by atoms with Crippen molar-refractivity contribution in [1.82, 2.24) is 4.98 Å². The van der Waals surface area contributed by atoms with E-state index in [4.69, 9.17) is 0 Å². The monoisotopic (exact) mass is 275 g/mol. The van der Waals surface area contributed by atoms with Crippen molar-refractivity contribution < 1.29 is 4.39 Å². The summed E-state index contributed by atoms with van der Waals surface area (Å²) >= 11 is 3.35. The molecule has 1 nitrogen and oxygen atoms in total. The van der Waals surface area contributed by atoms with Crippen molar-refractivity contribution in [3.05, 3.63) is 53.0 Å². The van der Waals surface area contributed by atoms with Crippen LogP contribution in [-0.2, 0) is 0 Å². The van der Waals surface area contributed by atoms with Crippen LogP contribution in [0.3, 0.4) is 0 Å². The highest BCUT2D eigenvalue weighted by Crippen LogP contribution is 2.27. The summed E-state index contributed by atoms with van der Waals surface area (Å²) in [6.07, 6.45) is 1.81. The number of hydrogen-bond acceptors (Lipinski definition) is 1. The van der Waals surface area contributed by atoms with Crippen molar-refractivity contribution in [2.24, 2.45) is 0 Å². The van der Waals surface area contributed by atoms with Gasteiger partial charge in [0.15, 0.2) is 0 Å². The van der Waals surface area contributed by atoms with Gasteiger partial charge in [0.1, 0.15) is 10.4 Å². The maximum Gasteiger partial charge on any atom is 0.123 e. The summed E-state index contributed by atoms with van der Waals surface area (Å²) in [5.74, 6) is -0.208. The lowest BCUT2D eigenvalue weighted by Crippen LogP contribution is -1.82. The zero-order valence-electron chi connectivity index (χ0n) is 8.24. The van der Waals surface area contributed by atoms with E-state index in [1.54, 1.807) is 12.1 Å². The molecule has 0 atom stereocenters. The zero-order chi connectivity index (χ0) is 11.1. The number of halogens is 2. The Balaban J connectivity index is 2.52. The van der Waals surface area contributed by atoms with E-state index in [-0.39, 0.29) is 5.82 Å². The summed E-state index contributed by atoms with van der Waals surface area (Å²) in [7, 11) is 0. The van der Waals surface area contributed by atoms with Gasteiger partial charge in [-0.2, -0.15) is 0 Å². The Bertz CT molecular complexity index is 694. The Labute approximate surface area is 100 Å². The SMILES string of the molecule is Fc1ccc2c(ccc3cnc(Br)cc32)c1. The van der Waals surface area contributed by atoms with E-state index in [9.17, 15) is 4.39 Å². The Morgan fingerprint density at radius 2 is 1.75 bits per heavy atom. The van der Waals surface area contributed by atoms with Crippen LogP contribution in [0.5, 0.6) is 0 Å². The second kappa shape index (κ2) is 3.52. The summed E-state index contributed by atoms with van der Waals surface area (Å²) in [5.41, 5.74) is 0. The van der Waals surface area contributed by atoms with Crippen LogP contribution in [0.2, 0.25) is 0 Å². The minimum atomic E-state index is -0.208. The number of nitrogens with zero attached hydrogens (tertiary/aromatic N) is 1. The Hall–Kier alpha value is -1.48. The number of fused-ring (bicyclic) bond motifs is 3. The second-order valence-corrected chi connectivity index (χ2v) is 4.47. The van der Waals surface area contributed by atoms with E-state index in [0.717, 1.165) is 26.1 Å². The first-order valence-electron chi connectivity index (χ1n) is 4.87. The van der Waals surface area contributed by atoms with Gasteiger partial charge in [0.05, 0.1) is 0 Å². The van der Waals surface area contributed by atoms with Crippen LogP contribution in [-0.4, -0.2) is 4.98 Å². The van der Waals surface area contributed by atoms with E-state index in [1.807, 2.05) is 24.4 Å². The first-order valence-corrected chi connectivity index (χ1v) is 5.67. The van der Waals surface area contributed by atoms with Gasteiger partial charge in [0.25, 0.3) is 0 Å². The summed E-state index contributed by atoms with van der Waals surface area (Å²) in [5, 5.41) is 4.09. The Kier molecular flexibility index (Phi) is 2.14. The predicted octanol–water partition coefficient (Wildman–Crippen LogP) is 4.29. The predicted molar refractivity (Wildman–Crippen MR) is 66.9 cm³/mol. The molecule has 0 amide bonds. The molecule has 2 aromatic carbocycles. The van der Waals surface area contributed by atoms with Crippen LogP contribution >= 0.6 is 15.9 Å². The third-order valence-electron chi connectivity index (χ3n) is 2.65. The molecule has 0 spiro atoms. The molecule has 0 radical (unpaired) electrons. The largest absolute Gasteiger partial charge is 0.249 e. The molecule has 0 bridgehead atoms. The zero-order valence-corrected chi connectivity index (χ0v) is 9.83. The van der Waals surface area contributed by atoms with Crippen molar-refractivity contribution in [2.45, 2.75) is 0 Å². The van der Waals surface area contributed by atoms with Crippen molar-refractivity contribution in [2.75, 3.05) is 0 Å². The third-order valence-corrected chi connectivity index (χ3v) is 3.08. The van der Waals surface area contributed by atoms with Gasteiger partial charge in [-0.1, -0.05) is 18.2 Å². The standard InChI is InChI=1S/C13H7BrFN/c14-13-6-12-9(7-16-13)2-1-8-5-10(15)3-4-11(8)12/h1-7H. The third kappa shape index (κ3) is 1.48. The van der Waals surface area contributed by atoms with Crippen LogP contribution in [0.15, 0.2) is 47.2 Å². The van der Waals surface area contributed by atoms with Crippen LogP contribution < -0.4 is 0 Å². The van der Waals surface area contributed by atoms with Gasteiger partial charge in [-0.25, -0.2) is 9.37 Å². The minimum absolute atomic E-state index is 0.208. The molecule has 3 heteroatoms. The van der Waals surface area contributed by atoms with Gasteiger partial charge in [-0.05, 0) is 50.3 Å². The average molecular weight is 276 g/mol. The molecule has 0 unspecified atom stereocenters. The van der Waals surface area contributed by atoms with E-state index in [1.165, 1.54) is 6.07 Å². The molecule has 3 aromatic rings. The molecule has 0 aliphatic heterocycles. The molecule has 0 fully saturated rings. The highest BCUT2D eigenvalue weighted by atomic mass is 79.9. The van der Waals surface area contributed by atoms with Gasteiger partial charge in [-0.15, -0.1) is 0 Å². The smallest absolute Gasteiger partial charge is 0.123 e. The highest BCUT2D eigenvalue weighted by molar-refractivity contribution is 9.10. The van der Waals surface area contributed by atoms with Crippen molar-refractivity contribution in [1.29, 1.82) is 0 Å². The van der Waals surface area contributed by atoms with Gasteiger partial charge in [0, 0.05) is 11.6 Å². The lowest BCUT2D eigenvalue weighted by atomic mass is 10.0. The summed E-state index contributed by atoms with van der Waals surface area (Å²) in [6, 6.07) is 10.7. The maximum atomic E-state index is 13.1. The summed E-state index contributed by atoms with van der Waals surface area (Å²) in [6.45, 7) is 0. The number of aromatic nitrogens is 1. The quantitative estimate of drug-likeness (QED) is 0.441. The molecule has 0 saturated heterocycles. The first-order chi connectivity index (χ1) is 7.74. The van der Waals surface area contributed by atoms with Crippen molar-refractivity contribution in [3.8, 4) is 0 Å². The van der Waals surface area contributed by atoms with Gasteiger partial charge < -0.3 is 0 Å². The molecule has 0 aliphatic rings. The second-order valence-electron chi connectivity index (χ2n) is 3.66. The molecule has 1 aromatic heterocycles. The van der Waals surface area contributed by atoms with Crippen LogP contribution in [0.1, 0.15) is 0 Å². The molecule has 0 N–H and O–H groups in total. The topological polar surface area (TPSA) is 12.9 Å². The van der Waals surface area contributed by atoms with Crippen molar-refractivity contribution >= 4 is 37.5 Å². The summed E-state index contributed by atoms with van der Waals surface area (Å²) in [4.78, 5) is 4.17. The Morgan fingerprint density at radius 1 is 0.938 bits per heavy atom. The fraction of sp³-hybridized carbons (Fsp3) is 0. The minimum Gasteiger partial charge on any atom is -0.249 e. The molecular formula is C13H7BrFN. The highest BCUT2D eigenvalue weighted by Gasteiger charge is 2.02. The number of rotatable bonds is 0. The first kappa shape index (κ1) is 9.73. The lowest BCUT2D eigenvalue weighted by Gasteiger charge is -2.03. The van der Waals surface area contributed by atoms with Crippen LogP contribution in [0.4, 0.5) is 4.39 Å². The van der Waals surface area contributed by atoms with Gasteiger partial charge in [-0.3, -0.25) is 0 Å².